The van der Waals surface area contributed by atoms with Crippen molar-refractivity contribution in [2.45, 2.75) is 19.0 Å². The van der Waals surface area contributed by atoms with Gasteiger partial charge in [0.1, 0.15) is 0 Å². The Kier molecular flexibility index (Phi) is 4.54. The number of hydrogen-bond acceptors (Lipinski definition) is 4. The first-order valence-electron chi connectivity index (χ1n) is 6.27. The quantitative estimate of drug-likeness (QED) is 0.764. The Balaban J connectivity index is 2.08. The van der Waals surface area contributed by atoms with Crippen LogP contribution in [-0.2, 0) is 12.1 Å². The van der Waals surface area contributed by atoms with Crippen molar-refractivity contribution in [2.75, 3.05) is 6.61 Å². The summed E-state index contributed by atoms with van der Waals surface area (Å²) in [5, 5.41) is 23.5. The monoisotopic (exact) mass is 291 g/mol. The predicted molar refractivity (Wildman–Crippen MR) is 79.0 cm³/mol. The minimum Gasteiger partial charge on any atom is -0.478 e. The van der Waals surface area contributed by atoms with Crippen LogP contribution in [-0.4, -0.2) is 22.8 Å². The standard InChI is InChI=1S/C15H17NO3S/c1-15(10-17,12-5-3-2-4-6-12)16-8-13-7-11(9-20-13)14(18)19/h2-7,9,16-17H,8,10H2,1H3,(H,18,19). The zero-order chi connectivity index (χ0) is 14.6. The Morgan fingerprint density at radius 2 is 2.05 bits per heavy atom. The first-order valence-corrected chi connectivity index (χ1v) is 7.15. The normalized spacial score (nSPS) is 13.9. The average molecular weight is 291 g/mol. The fraction of sp³-hybridized carbons (Fsp3) is 0.267. The number of thiophene rings is 1. The van der Waals surface area contributed by atoms with E-state index >= 15 is 0 Å². The maximum atomic E-state index is 10.8. The molecule has 0 fully saturated rings. The van der Waals surface area contributed by atoms with Gasteiger partial charge in [-0.2, -0.15) is 0 Å². The molecule has 2 rings (SSSR count). The van der Waals surface area contributed by atoms with Crippen LogP contribution >= 0.6 is 11.3 Å². The number of aliphatic hydroxyl groups is 1. The third kappa shape index (κ3) is 3.25. The Labute approximate surface area is 121 Å². The van der Waals surface area contributed by atoms with Gasteiger partial charge >= 0.3 is 5.97 Å². The predicted octanol–water partition coefficient (Wildman–Crippen LogP) is 2.44. The fourth-order valence-corrected chi connectivity index (χ4v) is 2.72. The summed E-state index contributed by atoms with van der Waals surface area (Å²) in [5.74, 6) is -0.916. The molecule has 20 heavy (non-hydrogen) atoms. The zero-order valence-electron chi connectivity index (χ0n) is 11.2. The van der Waals surface area contributed by atoms with Gasteiger partial charge in [0.2, 0.25) is 0 Å². The molecule has 0 aliphatic carbocycles. The highest BCUT2D eigenvalue weighted by atomic mass is 32.1. The highest BCUT2D eigenvalue weighted by Gasteiger charge is 2.25. The number of carbonyl (C=O) groups is 1. The van der Waals surface area contributed by atoms with Gasteiger partial charge in [-0.05, 0) is 18.6 Å². The lowest BCUT2D eigenvalue weighted by atomic mass is 9.93. The lowest BCUT2D eigenvalue weighted by molar-refractivity contribution is 0.0697. The Bertz CT molecular complexity index is 582. The number of rotatable bonds is 6. The molecule has 1 heterocycles. The molecule has 1 aromatic carbocycles. The van der Waals surface area contributed by atoms with E-state index in [2.05, 4.69) is 5.32 Å². The van der Waals surface area contributed by atoms with Crippen LogP contribution in [0.25, 0.3) is 0 Å². The minimum atomic E-state index is -0.916. The summed E-state index contributed by atoms with van der Waals surface area (Å²) in [7, 11) is 0. The molecule has 0 radical (unpaired) electrons. The Morgan fingerprint density at radius 3 is 2.60 bits per heavy atom. The van der Waals surface area contributed by atoms with Gasteiger partial charge in [0.25, 0.3) is 0 Å². The molecule has 3 N–H and O–H groups in total. The van der Waals surface area contributed by atoms with E-state index in [-0.39, 0.29) is 6.61 Å². The van der Waals surface area contributed by atoms with Gasteiger partial charge < -0.3 is 15.5 Å². The number of hydrogen-bond donors (Lipinski definition) is 3. The molecule has 1 atom stereocenters. The lowest BCUT2D eigenvalue weighted by Crippen LogP contribution is -2.42. The maximum Gasteiger partial charge on any atom is 0.336 e. The summed E-state index contributed by atoms with van der Waals surface area (Å²) < 4.78 is 0. The van der Waals surface area contributed by atoms with E-state index in [1.165, 1.54) is 11.3 Å². The molecule has 5 heteroatoms. The summed E-state index contributed by atoms with van der Waals surface area (Å²) in [4.78, 5) is 11.8. The lowest BCUT2D eigenvalue weighted by Gasteiger charge is -2.29. The van der Waals surface area contributed by atoms with Crippen LogP contribution in [0.5, 0.6) is 0 Å². The van der Waals surface area contributed by atoms with Crippen LogP contribution in [0.3, 0.4) is 0 Å². The molecule has 106 valence electrons. The van der Waals surface area contributed by atoms with E-state index in [0.717, 1.165) is 10.4 Å². The van der Waals surface area contributed by atoms with Gasteiger partial charge in [-0.25, -0.2) is 4.79 Å². The van der Waals surface area contributed by atoms with Crippen LogP contribution < -0.4 is 5.32 Å². The molecule has 0 saturated carbocycles. The molecular weight excluding hydrogens is 274 g/mol. The largest absolute Gasteiger partial charge is 0.478 e. The zero-order valence-corrected chi connectivity index (χ0v) is 12.0. The van der Waals surface area contributed by atoms with Crippen molar-refractivity contribution in [3.8, 4) is 0 Å². The van der Waals surface area contributed by atoms with Gasteiger partial charge in [-0.1, -0.05) is 30.3 Å². The van der Waals surface area contributed by atoms with Crippen LogP contribution in [0, 0.1) is 0 Å². The second-order valence-corrected chi connectivity index (χ2v) is 5.81. The summed E-state index contributed by atoms with van der Waals surface area (Å²) in [5.41, 5.74) is 0.754. The molecule has 0 saturated heterocycles. The first kappa shape index (κ1) is 14.7. The maximum absolute atomic E-state index is 10.8. The number of aliphatic hydroxyl groups excluding tert-OH is 1. The molecule has 4 nitrogen and oxygen atoms in total. The molecule has 0 aliphatic rings. The number of benzene rings is 1. The van der Waals surface area contributed by atoms with Crippen LogP contribution in [0.4, 0.5) is 0 Å². The molecular formula is C15H17NO3S. The molecule has 0 spiro atoms. The van der Waals surface area contributed by atoms with Gasteiger partial charge in [0.15, 0.2) is 0 Å². The van der Waals surface area contributed by atoms with Gasteiger partial charge in [0, 0.05) is 16.8 Å². The van der Waals surface area contributed by atoms with Crippen LogP contribution in [0.1, 0.15) is 27.7 Å². The van der Waals surface area contributed by atoms with Crippen molar-refractivity contribution < 1.29 is 15.0 Å². The number of carboxylic acids is 1. The van der Waals surface area contributed by atoms with E-state index in [0.29, 0.717) is 12.1 Å². The topological polar surface area (TPSA) is 69.6 Å². The third-order valence-electron chi connectivity index (χ3n) is 3.28. The van der Waals surface area contributed by atoms with Crippen molar-refractivity contribution in [1.29, 1.82) is 0 Å². The van der Waals surface area contributed by atoms with E-state index in [9.17, 15) is 9.90 Å². The van der Waals surface area contributed by atoms with Gasteiger partial charge in [-0.15, -0.1) is 11.3 Å². The highest BCUT2D eigenvalue weighted by Crippen LogP contribution is 2.22. The molecule has 2 aromatic rings. The van der Waals surface area contributed by atoms with E-state index in [4.69, 9.17) is 5.11 Å². The molecule has 1 aromatic heterocycles. The minimum absolute atomic E-state index is 0.0336. The second-order valence-electron chi connectivity index (χ2n) is 4.82. The van der Waals surface area contributed by atoms with E-state index < -0.39 is 11.5 Å². The molecule has 0 aliphatic heterocycles. The number of nitrogens with one attached hydrogen (secondary N) is 1. The number of aromatic carboxylic acids is 1. The second kappa shape index (κ2) is 6.17. The van der Waals surface area contributed by atoms with Gasteiger partial charge in [0.05, 0.1) is 17.7 Å². The van der Waals surface area contributed by atoms with Crippen molar-refractivity contribution in [1.82, 2.24) is 5.32 Å². The Hall–Kier alpha value is -1.69. The van der Waals surface area contributed by atoms with E-state index in [1.54, 1.807) is 11.4 Å². The highest BCUT2D eigenvalue weighted by molar-refractivity contribution is 7.10. The summed E-state index contributed by atoms with van der Waals surface area (Å²) in [6.45, 7) is 2.41. The summed E-state index contributed by atoms with van der Waals surface area (Å²) in [6.07, 6.45) is 0. The third-order valence-corrected chi connectivity index (χ3v) is 4.22. The van der Waals surface area contributed by atoms with Crippen LogP contribution in [0.15, 0.2) is 41.8 Å². The molecule has 0 amide bonds. The van der Waals surface area contributed by atoms with Crippen molar-refractivity contribution in [3.05, 3.63) is 57.8 Å². The van der Waals surface area contributed by atoms with Crippen LogP contribution in [0.2, 0.25) is 0 Å². The fourth-order valence-electron chi connectivity index (χ4n) is 1.92. The summed E-state index contributed by atoms with van der Waals surface area (Å²) in [6, 6.07) is 11.4. The van der Waals surface area contributed by atoms with Crippen molar-refractivity contribution in [3.63, 3.8) is 0 Å². The molecule has 0 bridgehead atoms. The van der Waals surface area contributed by atoms with Crippen molar-refractivity contribution >= 4 is 17.3 Å². The smallest absolute Gasteiger partial charge is 0.336 e. The average Bonchev–Trinajstić information content (AvgIpc) is 2.95. The SMILES string of the molecule is CC(CO)(NCc1cc(C(=O)O)cs1)c1ccccc1. The van der Waals surface area contributed by atoms with Crippen molar-refractivity contribution in [2.24, 2.45) is 0 Å². The van der Waals surface area contributed by atoms with Gasteiger partial charge in [-0.3, -0.25) is 0 Å². The number of carboxylic acid groups (broad SMARTS) is 1. The summed E-state index contributed by atoms with van der Waals surface area (Å²) >= 11 is 1.40. The Morgan fingerprint density at radius 1 is 1.35 bits per heavy atom. The first-order chi connectivity index (χ1) is 9.55. The van der Waals surface area contributed by atoms with E-state index in [1.807, 2.05) is 37.3 Å². The molecule has 1 unspecified atom stereocenters.